The molecule has 0 spiro atoms. The number of amides is 1. The van der Waals surface area contributed by atoms with Gasteiger partial charge < -0.3 is 5.32 Å². The van der Waals surface area contributed by atoms with E-state index < -0.39 is 0 Å². The zero-order valence-electron chi connectivity index (χ0n) is 14.0. The third kappa shape index (κ3) is 4.81. The van der Waals surface area contributed by atoms with Crippen LogP contribution < -0.4 is 5.32 Å². The Morgan fingerprint density at radius 1 is 0.885 bits per heavy atom. The highest BCUT2D eigenvalue weighted by Crippen LogP contribution is 2.24. The lowest BCUT2D eigenvalue weighted by Gasteiger charge is -2.20. The third-order valence-electron chi connectivity index (χ3n) is 4.02. The summed E-state index contributed by atoms with van der Waals surface area (Å²) in [7, 11) is 0. The minimum absolute atomic E-state index is 0.00194. The van der Waals surface area contributed by atoms with Crippen LogP contribution in [0.2, 0.25) is 5.02 Å². The summed E-state index contributed by atoms with van der Waals surface area (Å²) in [6.07, 6.45) is 0.363. The number of Topliss-reactive ketones (excluding diaryl/α,β-unsaturated/α-hetero) is 1. The molecule has 0 saturated heterocycles. The summed E-state index contributed by atoms with van der Waals surface area (Å²) in [6.45, 7) is 0. The summed E-state index contributed by atoms with van der Waals surface area (Å²) in [5, 5.41) is 5.55. The van der Waals surface area contributed by atoms with E-state index in [1.165, 1.54) is 11.3 Å². The molecule has 1 N–H and O–H groups in total. The third-order valence-corrected chi connectivity index (χ3v) is 5.18. The molecule has 1 heterocycles. The topological polar surface area (TPSA) is 46.2 Å². The molecule has 3 aromatic rings. The first-order chi connectivity index (χ1) is 12.6. The number of hydrogen-bond acceptors (Lipinski definition) is 3. The van der Waals surface area contributed by atoms with E-state index in [1.807, 2.05) is 53.9 Å². The van der Waals surface area contributed by atoms with Gasteiger partial charge in [-0.25, -0.2) is 0 Å². The molecule has 0 aliphatic carbocycles. The molecule has 0 saturated carbocycles. The first-order valence-electron chi connectivity index (χ1n) is 8.30. The van der Waals surface area contributed by atoms with Gasteiger partial charge in [0.2, 0.25) is 5.91 Å². The standard InChI is InChI=1S/C21H18ClNO2S/c22-17-10-8-16(9-11-17)21(15-5-2-1-3-6-15)23-20(25)13-12-18(24)19-7-4-14-26-19/h1-11,14,21H,12-13H2,(H,23,25). The van der Waals surface area contributed by atoms with Gasteiger partial charge in [0.05, 0.1) is 10.9 Å². The molecular weight excluding hydrogens is 366 g/mol. The molecule has 2 aromatic carbocycles. The van der Waals surface area contributed by atoms with Crippen molar-refractivity contribution >= 4 is 34.6 Å². The molecule has 3 nitrogen and oxygen atoms in total. The molecule has 0 fully saturated rings. The maximum atomic E-state index is 12.5. The lowest BCUT2D eigenvalue weighted by atomic mass is 9.98. The molecule has 0 aliphatic rings. The largest absolute Gasteiger partial charge is 0.345 e. The van der Waals surface area contributed by atoms with Crippen molar-refractivity contribution in [1.29, 1.82) is 0 Å². The van der Waals surface area contributed by atoms with E-state index in [-0.39, 0.29) is 30.6 Å². The predicted molar refractivity (Wildman–Crippen MR) is 106 cm³/mol. The second-order valence-corrected chi connectivity index (χ2v) is 7.25. The highest BCUT2D eigenvalue weighted by atomic mass is 35.5. The number of halogens is 1. The average Bonchev–Trinajstić information content (AvgIpc) is 3.21. The van der Waals surface area contributed by atoms with Gasteiger partial charge in [0, 0.05) is 17.9 Å². The van der Waals surface area contributed by atoms with Crippen LogP contribution in [0.1, 0.15) is 39.7 Å². The van der Waals surface area contributed by atoms with Crippen LogP contribution in [0.4, 0.5) is 0 Å². The Bertz CT molecular complexity index is 861. The molecule has 1 unspecified atom stereocenters. The van der Waals surface area contributed by atoms with E-state index in [0.29, 0.717) is 9.90 Å². The molecule has 0 bridgehead atoms. The number of benzene rings is 2. The number of carbonyl (C=O) groups excluding carboxylic acids is 2. The summed E-state index contributed by atoms with van der Waals surface area (Å²) in [4.78, 5) is 25.2. The van der Waals surface area contributed by atoms with E-state index in [1.54, 1.807) is 18.2 Å². The van der Waals surface area contributed by atoms with E-state index in [0.717, 1.165) is 11.1 Å². The average molecular weight is 384 g/mol. The van der Waals surface area contributed by atoms with Gasteiger partial charge in [-0.1, -0.05) is 60.1 Å². The van der Waals surface area contributed by atoms with Crippen LogP contribution in [0.15, 0.2) is 72.1 Å². The molecule has 132 valence electrons. The number of ketones is 1. The fourth-order valence-corrected chi connectivity index (χ4v) is 3.50. The fraction of sp³-hybridized carbons (Fsp3) is 0.143. The van der Waals surface area contributed by atoms with Crippen LogP contribution in [-0.4, -0.2) is 11.7 Å². The first kappa shape index (κ1) is 18.4. The Morgan fingerprint density at radius 3 is 2.23 bits per heavy atom. The van der Waals surface area contributed by atoms with E-state index >= 15 is 0 Å². The second kappa shape index (κ2) is 8.79. The van der Waals surface area contributed by atoms with E-state index in [4.69, 9.17) is 11.6 Å². The molecule has 1 atom stereocenters. The number of carbonyl (C=O) groups is 2. The minimum atomic E-state index is -0.280. The van der Waals surface area contributed by atoms with Crippen LogP contribution in [-0.2, 0) is 4.79 Å². The Hall–Kier alpha value is -2.43. The van der Waals surface area contributed by atoms with Crippen molar-refractivity contribution in [3.8, 4) is 0 Å². The fourth-order valence-electron chi connectivity index (χ4n) is 2.68. The van der Waals surface area contributed by atoms with Crippen LogP contribution >= 0.6 is 22.9 Å². The van der Waals surface area contributed by atoms with Crippen molar-refractivity contribution in [2.45, 2.75) is 18.9 Å². The molecular formula is C21H18ClNO2S. The van der Waals surface area contributed by atoms with E-state index in [2.05, 4.69) is 5.32 Å². The summed E-state index contributed by atoms with van der Waals surface area (Å²) >= 11 is 7.38. The van der Waals surface area contributed by atoms with Gasteiger partial charge in [0.15, 0.2) is 5.78 Å². The van der Waals surface area contributed by atoms with Crippen LogP contribution in [0.25, 0.3) is 0 Å². The molecule has 1 aromatic heterocycles. The predicted octanol–water partition coefficient (Wildman–Crippen LogP) is 5.27. The summed E-state index contributed by atoms with van der Waals surface area (Å²) in [5.74, 6) is -0.156. The Labute approximate surface area is 161 Å². The minimum Gasteiger partial charge on any atom is -0.345 e. The molecule has 26 heavy (non-hydrogen) atoms. The SMILES string of the molecule is O=C(CCC(=O)c1cccs1)NC(c1ccccc1)c1ccc(Cl)cc1. The monoisotopic (exact) mass is 383 g/mol. The molecule has 0 aliphatic heterocycles. The van der Waals surface area contributed by atoms with Crippen molar-refractivity contribution < 1.29 is 9.59 Å². The summed E-state index contributed by atoms with van der Waals surface area (Å²) < 4.78 is 0. The van der Waals surface area contributed by atoms with Gasteiger partial charge >= 0.3 is 0 Å². The van der Waals surface area contributed by atoms with Gasteiger partial charge in [-0.05, 0) is 34.7 Å². The number of rotatable bonds is 7. The van der Waals surface area contributed by atoms with E-state index in [9.17, 15) is 9.59 Å². The maximum Gasteiger partial charge on any atom is 0.221 e. The Kier molecular flexibility index (Phi) is 6.21. The van der Waals surface area contributed by atoms with Crippen LogP contribution in [0, 0.1) is 0 Å². The van der Waals surface area contributed by atoms with Gasteiger partial charge in [-0.15, -0.1) is 11.3 Å². The van der Waals surface area contributed by atoms with Crippen molar-refractivity contribution in [3.63, 3.8) is 0 Å². The highest BCUT2D eigenvalue weighted by molar-refractivity contribution is 7.12. The van der Waals surface area contributed by atoms with Crippen molar-refractivity contribution in [2.24, 2.45) is 0 Å². The van der Waals surface area contributed by atoms with Gasteiger partial charge in [0.1, 0.15) is 0 Å². The lowest BCUT2D eigenvalue weighted by Crippen LogP contribution is -2.29. The van der Waals surface area contributed by atoms with Crippen molar-refractivity contribution in [1.82, 2.24) is 5.32 Å². The second-order valence-electron chi connectivity index (χ2n) is 5.86. The smallest absolute Gasteiger partial charge is 0.221 e. The van der Waals surface area contributed by atoms with Gasteiger partial charge in [-0.3, -0.25) is 9.59 Å². The zero-order chi connectivity index (χ0) is 18.4. The Balaban J connectivity index is 1.70. The van der Waals surface area contributed by atoms with Crippen molar-refractivity contribution in [3.05, 3.63) is 93.1 Å². The molecule has 1 amide bonds. The highest BCUT2D eigenvalue weighted by Gasteiger charge is 2.18. The summed E-state index contributed by atoms with van der Waals surface area (Å²) in [5.41, 5.74) is 1.92. The summed E-state index contributed by atoms with van der Waals surface area (Å²) in [6, 6.07) is 20.5. The molecule has 3 rings (SSSR count). The maximum absolute atomic E-state index is 12.5. The van der Waals surface area contributed by atoms with Crippen LogP contribution in [0.5, 0.6) is 0 Å². The first-order valence-corrected chi connectivity index (χ1v) is 9.56. The molecule has 0 radical (unpaired) electrons. The van der Waals surface area contributed by atoms with Gasteiger partial charge in [-0.2, -0.15) is 0 Å². The van der Waals surface area contributed by atoms with Crippen LogP contribution in [0.3, 0.4) is 0 Å². The molecule has 5 heteroatoms. The number of thiophene rings is 1. The number of hydrogen-bond donors (Lipinski definition) is 1. The lowest BCUT2D eigenvalue weighted by molar-refractivity contribution is -0.121. The normalized spacial score (nSPS) is 11.7. The van der Waals surface area contributed by atoms with Gasteiger partial charge in [0.25, 0.3) is 0 Å². The van der Waals surface area contributed by atoms with Crippen molar-refractivity contribution in [2.75, 3.05) is 0 Å². The quantitative estimate of drug-likeness (QED) is 0.565. The number of nitrogens with one attached hydrogen (secondary N) is 1. The Morgan fingerprint density at radius 2 is 1.58 bits per heavy atom. The zero-order valence-corrected chi connectivity index (χ0v) is 15.6.